The summed E-state index contributed by atoms with van der Waals surface area (Å²) in [5, 5.41) is 3.71. The second kappa shape index (κ2) is 10.7. The Morgan fingerprint density at radius 2 is 1.88 bits per heavy atom. The molecule has 0 bridgehead atoms. The monoisotopic (exact) mass is 497 g/mol. The minimum Gasteiger partial charge on any atom is -0.494 e. The molecule has 1 N–H and O–H groups in total. The third-order valence-corrected chi connectivity index (χ3v) is 5.97. The van der Waals surface area contributed by atoms with Crippen LogP contribution >= 0.6 is 23.8 Å². The molecule has 3 aromatic rings. The van der Waals surface area contributed by atoms with Crippen LogP contribution in [-0.2, 0) is 16.1 Å². The van der Waals surface area contributed by atoms with E-state index in [1.165, 1.54) is 4.90 Å². The van der Waals surface area contributed by atoms with Crippen LogP contribution in [0.15, 0.2) is 71.3 Å². The van der Waals surface area contributed by atoms with Crippen molar-refractivity contribution in [2.45, 2.75) is 32.4 Å². The Bertz CT molecular complexity index is 1150. The van der Waals surface area contributed by atoms with Crippen LogP contribution in [0.3, 0.4) is 0 Å². The predicted molar refractivity (Wildman–Crippen MR) is 135 cm³/mol. The molecule has 4 rings (SSSR count). The number of carbonyl (C=O) groups is 2. The minimum absolute atomic E-state index is 0.0716. The smallest absolute Gasteiger partial charge is 0.256 e. The first-order valence-corrected chi connectivity index (χ1v) is 11.7. The van der Waals surface area contributed by atoms with Crippen molar-refractivity contribution in [3.63, 3.8) is 0 Å². The first-order valence-electron chi connectivity index (χ1n) is 10.9. The molecule has 34 heavy (non-hydrogen) atoms. The lowest BCUT2D eigenvalue weighted by atomic mass is 10.1. The molecule has 2 aromatic carbocycles. The Hall–Kier alpha value is -3.36. The molecule has 0 saturated carbocycles. The second-order valence-electron chi connectivity index (χ2n) is 7.78. The van der Waals surface area contributed by atoms with Crippen LogP contribution in [-0.4, -0.2) is 34.5 Å². The Morgan fingerprint density at radius 1 is 1.15 bits per heavy atom. The average Bonchev–Trinajstić information content (AvgIpc) is 3.42. The Morgan fingerprint density at radius 3 is 2.53 bits per heavy atom. The lowest BCUT2D eigenvalue weighted by Gasteiger charge is -2.22. The maximum absolute atomic E-state index is 13.4. The topological polar surface area (TPSA) is 75.0 Å². The van der Waals surface area contributed by atoms with Gasteiger partial charge in [0.2, 0.25) is 5.91 Å². The third-order valence-electron chi connectivity index (χ3n) is 5.30. The summed E-state index contributed by atoms with van der Waals surface area (Å²) < 4.78 is 11.0. The van der Waals surface area contributed by atoms with E-state index in [4.69, 9.17) is 33.0 Å². The number of hydrogen-bond acceptors (Lipinski definition) is 5. The van der Waals surface area contributed by atoms with E-state index in [0.717, 1.165) is 12.2 Å². The molecule has 2 heterocycles. The zero-order valence-electron chi connectivity index (χ0n) is 18.6. The summed E-state index contributed by atoms with van der Waals surface area (Å²) in [5.74, 6) is 0.795. The number of benzene rings is 2. The third kappa shape index (κ3) is 5.40. The zero-order chi connectivity index (χ0) is 24.1. The highest BCUT2D eigenvalue weighted by Gasteiger charge is 2.44. The molecule has 1 aliphatic rings. The molecule has 0 aliphatic carbocycles. The van der Waals surface area contributed by atoms with Crippen molar-refractivity contribution in [1.82, 2.24) is 4.90 Å². The summed E-state index contributed by atoms with van der Waals surface area (Å²) in [5.41, 5.74) is 1.21. The molecule has 1 aliphatic heterocycles. The van der Waals surface area contributed by atoms with E-state index in [1.807, 2.05) is 6.92 Å². The van der Waals surface area contributed by atoms with Gasteiger partial charge in [0.1, 0.15) is 17.6 Å². The lowest BCUT2D eigenvalue weighted by molar-refractivity contribution is -0.124. The number of halogens is 1. The normalized spacial score (nSPS) is 15.6. The molecule has 1 atom stereocenters. The number of thiocarbonyl (C=S) groups is 1. The summed E-state index contributed by atoms with van der Waals surface area (Å²) in [4.78, 5) is 29.5. The van der Waals surface area contributed by atoms with Crippen molar-refractivity contribution >= 4 is 52.1 Å². The van der Waals surface area contributed by atoms with E-state index >= 15 is 0 Å². The molecule has 0 spiro atoms. The lowest BCUT2D eigenvalue weighted by Crippen LogP contribution is -2.37. The highest BCUT2D eigenvalue weighted by molar-refractivity contribution is 7.80. The Balaban J connectivity index is 1.51. The van der Waals surface area contributed by atoms with Crippen LogP contribution in [0.5, 0.6) is 5.75 Å². The van der Waals surface area contributed by atoms with Crippen molar-refractivity contribution in [3.05, 3.63) is 77.7 Å². The van der Waals surface area contributed by atoms with Gasteiger partial charge in [-0.15, -0.1) is 0 Å². The molecule has 9 heteroatoms. The molecule has 1 saturated heterocycles. The number of nitrogens with one attached hydrogen (secondary N) is 1. The highest BCUT2D eigenvalue weighted by Crippen LogP contribution is 2.30. The van der Waals surface area contributed by atoms with Crippen molar-refractivity contribution in [1.29, 1.82) is 0 Å². The van der Waals surface area contributed by atoms with E-state index in [-0.39, 0.29) is 24.8 Å². The molecular formula is C25H24ClN3O4S. The number of amides is 2. The van der Waals surface area contributed by atoms with Gasteiger partial charge >= 0.3 is 0 Å². The first-order chi connectivity index (χ1) is 16.5. The van der Waals surface area contributed by atoms with Crippen LogP contribution in [0.2, 0.25) is 5.02 Å². The van der Waals surface area contributed by atoms with Crippen LogP contribution in [0, 0.1) is 0 Å². The van der Waals surface area contributed by atoms with Crippen LogP contribution < -0.4 is 15.0 Å². The molecule has 1 fully saturated rings. The number of hydrogen-bond donors (Lipinski definition) is 1. The fourth-order valence-corrected chi connectivity index (χ4v) is 4.17. The van der Waals surface area contributed by atoms with Gasteiger partial charge in [-0.05, 0) is 79.3 Å². The minimum atomic E-state index is -0.777. The van der Waals surface area contributed by atoms with Crippen molar-refractivity contribution in [3.8, 4) is 5.75 Å². The van der Waals surface area contributed by atoms with Gasteiger partial charge in [-0.25, -0.2) is 0 Å². The summed E-state index contributed by atoms with van der Waals surface area (Å²) in [6, 6.07) is 16.8. The summed E-state index contributed by atoms with van der Waals surface area (Å²) in [7, 11) is 0. The van der Waals surface area contributed by atoms with E-state index in [9.17, 15) is 9.59 Å². The standard InChI is InChI=1S/C25H24ClN3O4S/c1-2-13-32-20-11-7-18(8-12-20)27-23(30)15-22-24(31)29(19-9-5-17(26)6-10-19)25(34)28(22)16-21-4-3-14-33-21/h3-12,14,22H,2,13,15-16H2,1H3,(H,27,30)/t22-/m0/s1. The first kappa shape index (κ1) is 23.8. The average molecular weight is 498 g/mol. The predicted octanol–water partition coefficient (Wildman–Crippen LogP) is 5.25. The van der Waals surface area contributed by atoms with Crippen molar-refractivity contribution in [2.75, 3.05) is 16.8 Å². The van der Waals surface area contributed by atoms with Gasteiger partial charge in [0.05, 0.1) is 31.5 Å². The quantitative estimate of drug-likeness (QED) is 0.407. The number of rotatable bonds is 9. The zero-order valence-corrected chi connectivity index (χ0v) is 20.1. The van der Waals surface area contributed by atoms with E-state index in [0.29, 0.717) is 33.9 Å². The summed E-state index contributed by atoms with van der Waals surface area (Å²) in [6.07, 6.45) is 2.40. The number of ether oxygens (including phenoxy) is 1. The Labute approximate surface area is 208 Å². The van der Waals surface area contributed by atoms with Gasteiger partial charge in [-0.2, -0.15) is 0 Å². The maximum atomic E-state index is 13.4. The van der Waals surface area contributed by atoms with Crippen LogP contribution in [0.1, 0.15) is 25.5 Å². The van der Waals surface area contributed by atoms with E-state index in [2.05, 4.69) is 5.32 Å². The summed E-state index contributed by atoms with van der Waals surface area (Å²) >= 11 is 11.7. The van der Waals surface area contributed by atoms with Crippen LogP contribution in [0.4, 0.5) is 11.4 Å². The molecule has 1 aromatic heterocycles. The fourth-order valence-electron chi connectivity index (χ4n) is 3.65. The second-order valence-corrected chi connectivity index (χ2v) is 8.58. The highest BCUT2D eigenvalue weighted by atomic mass is 35.5. The van der Waals surface area contributed by atoms with Gasteiger partial charge < -0.3 is 19.4 Å². The summed E-state index contributed by atoms with van der Waals surface area (Å²) in [6.45, 7) is 2.93. The van der Waals surface area contributed by atoms with Gasteiger partial charge in [0.15, 0.2) is 5.11 Å². The maximum Gasteiger partial charge on any atom is 0.256 e. The van der Waals surface area contributed by atoms with Gasteiger partial charge in [0, 0.05) is 10.7 Å². The molecule has 0 unspecified atom stereocenters. The number of anilines is 2. The number of nitrogens with zero attached hydrogens (tertiary/aromatic N) is 2. The molecule has 176 valence electrons. The van der Waals surface area contributed by atoms with Crippen molar-refractivity contribution < 1.29 is 18.7 Å². The number of carbonyl (C=O) groups excluding carboxylic acids is 2. The largest absolute Gasteiger partial charge is 0.494 e. The molecular weight excluding hydrogens is 474 g/mol. The van der Waals surface area contributed by atoms with Gasteiger partial charge in [0.25, 0.3) is 5.91 Å². The fraction of sp³-hybridized carbons (Fsp3) is 0.240. The molecule has 7 nitrogen and oxygen atoms in total. The van der Waals surface area contributed by atoms with Gasteiger partial charge in [-0.1, -0.05) is 18.5 Å². The van der Waals surface area contributed by atoms with Gasteiger partial charge in [-0.3, -0.25) is 14.5 Å². The Kier molecular flexibility index (Phi) is 7.49. The molecule has 0 radical (unpaired) electrons. The molecule has 2 amide bonds. The SMILES string of the molecule is CCCOc1ccc(NC(=O)C[C@H]2C(=O)N(c3ccc(Cl)cc3)C(=S)N2Cc2ccco2)cc1. The van der Waals surface area contributed by atoms with Crippen molar-refractivity contribution in [2.24, 2.45) is 0 Å². The number of furan rings is 1. The van der Waals surface area contributed by atoms with E-state index in [1.54, 1.807) is 71.8 Å². The van der Waals surface area contributed by atoms with Crippen LogP contribution in [0.25, 0.3) is 0 Å². The van der Waals surface area contributed by atoms with E-state index < -0.39 is 6.04 Å².